The molecular formula is C12H7BrCl3NO2S. The standard InChI is InChI=1S/C12H7BrCl3NO2S/c13-7-1-4-12(11(16)5-7)20(18,19)17-8-2-3-9(14)10(15)6-8/h1-6,17H. The molecule has 2 rings (SSSR count). The van der Waals surface area contributed by atoms with E-state index in [2.05, 4.69) is 20.7 Å². The maximum atomic E-state index is 12.2. The number of benzene rings is 2. The predicted octanol–water partition coefficient (Wildman–Crippen LogP) is 5.21. The number of rotatable bonds is 3. The smallest absolute Gasteiger partial charge is 0.263 e. The first-order valence-electron chi connectivity index (χ1n) is 5.22. The summed E-state index contributed by atoms with van der Waals surface area (Å²) in [6.07, 6.45) is 0. The zero-order chi connectivity index (χ0) is 14.9. The second-order valence-electron chi connectivity index (χ2n) is 3.81. The quantitative estimate of drug-likeness (QED) is 0.748. The van der Waals surface area contributed by atoms with E-state index >= 15 is 0 Å². The molecule has 8 heteroatoms. The Morgan fingerprint density at radius 1 is 0.900 bits per heavy atom. The second-order valence-corrected chi connectivity index (χ2v) is 7.60. The maximum Gasteiger partial charge on any atom is 0.263 e. The molecule has 0 amide bonds. The van der Waals surface area contributed by atoms with Gasteiger partial charge in [-0.1, -0.05) is 50.7 Å². The molecule has 0 saturated heterocycles. The zero-order valence-electron chi connectivity index (χ0n) is 9.70. The van der Waals surface area contributed by atoms with Gasteiger partial charge in [-0.3, -0.25) is 4.72 Å². The summed E-state index contributed by atoms with van der Waals surface area (Å²) < 4.78 is 27.6. The van der Waals surface area contributed by atoms with Crippen molar-refractivity contribution in [1.82, 2.24) is 0 Å². The van der Waals surface area contributed by atoms with Gasteiger partial charge in [0.15, 0.2) is 0 Å². The van der Waals surface area contributed by atoms with Gasteiger partial charge in [0, 0.05) is 4.47 Å². The van der Waals surface area contributed by atoms with Gasteiger partial charge < -0.3 is 0 Å². The normalized spacial score (nSPS) is 11.4. The van der Waals surface area contributed by atoms with E-state index in [1.165, 1.54) is 30.3 Å². The lowest BCUT2D eigenvalue weighted by Crippen LogP contribution is -2.13. The molecule has 0 aliphatic rings. The number of hydrogen-bond donors (Lipinski definition) is 1. The molecule has 106 valence electrons. The Kier molecular flexibility index (Phi) is 4.87. The van der Waals surface area contributed by atoms with Gasteiger partial charge in [-0.25, -0.2) is 8.42 Å². The molecule has 0 radical (unpaired) electrons. The van der Waals surface area contributed by atoms with Gasteiger partial charge in [-0.05, 0) is 36.4 Å². The summed E-state index contributed by atoms with van der Waals surface area (Å²) in [5, 5.41) is 0.719. The topological polar surface area (TPSA) is 46.2 Å². The molecule has 0 aliphatic heterocycles. The minimum Gasteiger partial charge on any atom is -0.280 e. The van der Waals surface area contributed by atoms with Crippen molar-refractivity contribution in [2.45, 2.75) is 4.90 Å². The first-order valence-corrected chi connectivity index (χ1v) is 8.63. The molecule has 0 spiro atoms. The Morgan fingerprint density at radius 2 is 1.60 bits per heavy atom. The van der Waals surface area contributed by atoms with Crippen LogP contribution in [0.1, 0.15) is 0 Å². The minimum absolute atomic E-state index is 0.0200. The monoisotopic (exact) mass is 413 g/mol. The van der Waals surface area contributed by atoms with Crippen LogP contribution in [-0.4, -0.2) is 8.42 Å². The molecule has 3 nitrogen and oxygen atoms in total. The molecule has 0 atom stereocenters. The summed E-state index contributed by atoms with van der Waals surface area (Å²) in [5.41, 5.74) is 0.304. The Bertz CT molecular complexity index is 765. The summed E-state index contributed by atoms with van der Waals surface area (Å²) in [4.78, 5) is -0.0200. The highest BCUT2D eigenvalue weighted by molar-refractivity contribution is 9.10. The fourth-order valence-electron chi connectivity index (χ4n) is 1.46. The minimum atomic E-state index is -3.79. The van der Waals surface area contributed by atoms with Crippen molar-refractivity contribution in [3.05, 3.63) is 55.9 Å². The van der Waals surface area contributed by atoms with Crippen molar-refractivity contribution in [3.8, 4) is 0 Å². The number of anilines is 1. The molecule has 0 unspecified atom stereocenters. The van der Waals surface area contributed by atoms with Crippen LogP contribution in [0, 0.1) is 0 Å². The van der Waals surface area contributed by atoms with Gasteiger partial charge in [0.2, 0.25) is 0 Å². The van der Waals surface area contributed by atoms with Gasteiger partial charge in [0.05, 0.1) is 20.8 Å². The fourth-order valence-corrected chi connectivity index (χ4v) is 3.85. The second kappa shape index (κ2) is 6.12. The molecule has 1 N–H and O–H groups in total. The van der Waals surface area contributed by atoms with E-state index in [4.69, 9.17) is 34.8 Å². The third kappa shape index (κ3) is 3.59. The number of halogens is 4. The number of hydrogen-bond acceptors (Lipinski definition) is 2. The molecule has 0 fully saturated rings. The number of nitrogens with one attached hydrogen (secondary N) is 1. The van der Waals surface area contributed by atoms with Crippen molar-refractivity contribution in [1.29, 1.82) is 0 Å². The summed E-state index contributed by atoms with van der Waals surface area (Å²) in [5.74, 6) is 0. The Balaban J connectivity index is 2.38. The first kappa shape index (κ1) is 15.9. The molecule has 0 bridgehead atoms. The third-order valence-electron chi connectivity index (χ3n) is 2.36. The predicted molar refractivity (Wildman–Crippen MR) is 86.4 cm³/mol. The Labute approximate surface area is 140 Å². The van der Waals surface area contributed by atoms with Crippen molar-refractivity contribution >= 4 is 66.4 Å². The highest BCUT2D eigenvalue weighted by Crippen LogP contribution is 2.29. The molecule has 0 heterocycles. The third-order valence-corrected chi connectivity index (χ3v) is 5.45. The summed E-state index contributed by atoms with van der Waals surface area (Å²) in [6.45, 7) is 0. The van der Waals surface area contributed by atoms with Crippen LogP contribution in [-0.2, 0) is 10.0 Å². The number of sulfonamides is 1. The molecular weight excluding hydrogens is 408 g/mol. The van der Waals surface area contributed by atoms with Crippen molar-refractivity contribution < 1.29 is 8.42 Å². The van der Waals surface area contributed by atoms with E-state index in [1.807, 2.05) is 0 Å². The first-order chi connectivity index (χ1) is 9.29. The Hall–Kier alpha value is -0.460. The highest BCUT2D eigenvalue weighted by atomic mass is 79.9. The van der Waals surface area contributed by atoms with E-state index in [-0.39, 0.29) is 14.9 Å². The van der Waals surface area contributed by atoms with Crippen LogP contribution in [0.2, 0.25) is 15.1 Å². The average Bonchev–Trinajstić information content (AvgIpc) is 2.33. The van der Waals surface area contributed by atoms with Gasteiger partial charge in [0.1, 0.15) is 4.90 Å². The lowest BCUT2D eigenvalue weighted by atomic mass is 10.3. The van der Waals surface area contributed by atoms with Crippen LogP contribution in [0.15, 0.2) is 45.8 Å². The molecule has 0 saturated carbocycles. The van der Waals surface area contributed by atoms with Gasteiger partial charge in [0.25, 0.3) is 10.0 Å². The van der Waals surface area contributed by atoms with Crippen LogP contribution in [0.25, 0.3) is 0 Å². The summed E-state index contributed by atoms with van der Waals surface area (Å²) in [6, 6.07) is 8.95. The molecule has 2 aromatic carbocycles. The summed E-state index contributed by atoms with van der Waals surface area (Å²) >= 11 is 20.8. The van der Waals surface area contributed by atoms with E-state index in [9.17, 15) is 8.42 Å². The van der Waals surface area contributed by atoms with Gasteiger partial charge >= 0.3 is 0 Å². The maximum absolute atomic E-state index is 12.2. The Morgan fingerprint density at radius 3 is 2.20 bits per heavy atom. The van der Waals surface area contributed by atoms with Crippen LogP contribution in [0.4, 0.5) is 5.69 Å². The molecule has 0 aromatic heterocycles. The van der Waals surface area contributed by atoms with Crippen LogP contribution < -0.4 is 4.72 Å². The van der Waals surface area contributed by atoms with Gasteiger partial charge in [-0.2, -0.15) is 0 Å². The highest BCUT2D eigenvalue weighted by Gasteiger charge is 2.18. The van der Waals surface area contributed by atoms with E-state index in [1.54, 1.807) is 6.07 Å². The van der Waals surface area contributed by atoms with Crippen molar-refractivity contribution in [2.24, 2.45) is 0 Å². The fraction of sp³-hybridized carbons (Fsp3) is 0. The SMILES string of the molecule is O=S(=O)(Nc1ccc(Cl)c(Cl)c1)c1ccc(Br)cc1Cl. The average molecular weight is 416 g/mol. The van der Waals surface area contributed by atoms with E-state index < -0.39 is 10.0 Å². The van der Waals surface area contributed by atoms with Crippen LogP contribution in [0.5, 0.6) is 0 Å². The van der Waals surface area contributed by atoms with E-state index in [0.717, 1.165) is 0 Å². The lowest BCUT2D eigenvalue weighted by molar-refractivity contribution is 0.601. The van der Waals surface area contributed by atoms with Crippen molar-refractivity contribution in [2.75, 3.05) is 4.72 Å². The van der Waals surface area contributed by atoms with Gasteiger partial charge in [-0.15, -0.1) is 0 Å². The van der Waals surface area contributed by atoms with Crippen LogP contribution >= 0.6 is 50.7 Å². The largest absolute Gasteiger partial charge is 0.280 e. The van der Waals surface area contributed by atoms with Crippen molar-refractivity contribution in [3.63, 3.8) is 0 Å². The van der Waals surface area contributed by atoms with E-state index in [0.29, 0.717) is 15.2 Å². The molecule has 2 aromatic rings. The van der Waals surface area contributed by atoms with Crippen LogP contribution in [0.3, 0.4) is 0 Å². The zero-order valence-corrected chi connectivity index (χ0v) is 14.4. The molecule has 0 aliphatic carbocycles. The summed E-state index contributed by atoms with van der Waals surface area (Å²) in [7, 11) is -3.79. The molecule has 20 heavy (non-hydrogen) atoms. The lowest BCUT2D eigenvalue weighted by Gasteiger charge is -2.10.